The number of nitrogens with one attached hydrogen (secondary N) is 2. The molecular formula is C11H14N2O. The Kier molecular flexibility index (Phi) is 2.79. The van der Waals surface area contributed by atoms with E-state index >= 15 is 0 Å². The molecule has 3 heteroatoms. The van der Waals surface area contributed by atoms with Crippen LogP contribution in [-0.4, -0.2) is 25.0 Å². The minimum Gasteiger partial charge on any atom is -0.353 e. The fraction of sp³-hybridized carbons (Fsp3) is 0.364. The van der Waals surface area contributed by atoms with E-state index in [9.17, 15) is 4.79 Å². The normalized spacial score (nSPS) is 21.7. The molecule has 1 heterocycles. The van der Waals surface area contributed by atoms with E-state index in [1.807, 2.05) is 18.2 Å². The predicted molar refractivity (Wildman–Crippen MR) is 54.9 cm³/mol. The molecule has 1 unspecified atom stereocenters. The van der Waals surface area contributed by atoms with Gasteiger partial charge in [-0.1, -0.05) is 30.3 Å². The zero-order valence-electron chi connectivity index (χ0n) is 7.99. The second-order valence-electron chi connectivity index (χ2n) is 3.57. The maximum Gasteiger partial charge on any atom is 0.234 e. The highest BCUT2D eigenvalue weighted by molar-refractivity contribution is 5.78. The Labute approximate surface area is 83.5 Å². The Morgan fingerprint density at radius 1 is 1.29 bits per heavy atom. The lowest BCUT2D eigenvalue weighted by molar-refractivity contribution is -0.121. The maximum absolute atomic E-state index is 10.9. The van der Waals surface area contributed by atoms with Crippen LogP contribution in [0.2, 0.25) is 0 Å². The first kappa shape index (κ1) is 9.21. The van der Waals surface area contributed by atoms with E-state index in [2.05, 4.69) is 22.8 Å². The zero-order chi connectivity index (χ0) is 9.80. The summed E-state index contributed by atoms with van der Waals surface area (Å²) in [5, 5.41) is 6.06. The molecule has 2 N–H and O–H groups in total. The summed E-state index contributed by atoms with van der Waals surface area (Å²) in [6, 6.07) is 10.7. The molecule has 0 saturated carbocycles. The minimum atomic E-state index is 0.0920. The summed E-state index contributed by atoms with van der Waals surface area (Å²) < 4.78 is 0. The third-order valence-electron chi connectivity index (χ3n) is 2.42. The maximum atomic E-state index is 10.9. The Morgan fingerprint density at radius 3 is 2.71 bits per heavy atom. The van der Waals surface area contributed by atoms with Crippen LogP contribution in [0, 0.1) is 0 Å². The number of hydrogen-bond acceptors (Lipinski definition) is 2. The number of amides is 1. The van der Waals surface area contributed by atoms with E-state index in [0.29, 0.717) is 12.6 Å². The zero-order valence-corrected chi connectivity index (χ0v) is 7.99. The molecule has 0 bridgehead atoms. The quantitative estimate of drug-likeness (QED) is 0.705. The van der Waals surface area contributed by atoms with Gasteiger partial charge in [0, 0.05) is 12.6 Å². The van der Waals surface area contributed by atoms with Gasteiger partial charge >= 0.3 is 0 Å². The topological polar surface area (TPSA) is 41.1 Å². The molecule has 1 fully saturated rings. The summed E-state index contributed by atoms with van der Waals surface area (Å²) in [4.78, 5) is 10.9. The van der Waals surface area contributed by atoms with Crippen molar-refractivity contribution in [1.29, 1.82) is 0 Å². The highest BCUT2D eigenvalue weighted by Gasteiger charge is 2.16. The first-order chi connectivity index (χ1) is 6.84. The van der Waals surface area contributed by atoms with Crippen LogP contribution < -0.4 is 10.6 Å². The van der Waals surface area contributed by atoms with E-state index < -0.39 is 0 Å². The molecule has 1 amide bonds. The number of rotatable bonds is 2. The number of benzene rings is 1. The van der Waals surface area contributed by atoms with E-state index in [4.69, 9.17) is 0 Å². The molecule has 1 aromatic rings. The van der Waals surface area contributed by atoms with Crippen LogP contribution in [0.5, 0.6) is 0 Å². The first-order valence-electron chi connectivity index (χ1n) is 4.88. The van der Waals surface area contributed by atoms with Crippen LogP contribution >= 0.6 is 0 Å². The highest BCUT2D eigenvalue weighted by atomic mass is 16.2. The van der Waals surface area contributed by atoms with Gasteiger partial charge in [-0.2, -0.15) is 0 Å². The van der Waals surface area contributed by atoms with Gasteiger partial charge in [0.25, 0.3) is 0 Å². The summed E-state index contributed by atoms with van der Waals surface area (Å²) in [5.74, 6) is 0.0920. The van der Waals surface area contributed by atoms with Gasteiger partial charge in [-0.15, -0.1) is 0 Å². The third-order valence-corrected chi connectivity index (χ3v) is 2.42. The molecule has 3 nitrogen and oxygen atoms in total. The number of carbonyl (C=O) groups is 1. The van der Waals surface area contributed by atoms with Crippen molar-refractivity contribution in [3.63, 3.8) is 0 Å². The molecular weight excluding hydrogens is 176 g/mol. The van der Waals surface area contributed by atoms with Crippen molar-refractivity contribution in [2.75, 3.05) is 13.1 Å². The summed E-state index contributed by atoms with van der Waals surface area (Å²) >= 11 is 0. The molecule has 1 saturated heterocycles. The minimum absolute atomic E-state index is 0.0920. The fourth-order valence-corrected chi connectivity index (χ4v) is 1.65. The average molecular weight is 190 g/mol. The Bertz CT molecular complexity index is 300. The van der Waals surface area contributed by atoms with E-state index in [1.165, 1.54) is 5.56 Å². The smallest absolute Gasteiger partial charge is 0.234 e. The van der Waals surface area contributed by atoms with Crippen molar-refractivity contribution in [2.45, 2.75) is 12.5 Å². The van der Waals surface area contributed by atoms with Crippen molar-refractivity contribution >= 4 is 5.91 Å². The lowest BCUT2D eigenvalue weighted by atomic mass is 10.0. The average Bonchev–Trinajstić information content (AvgIpc) is 2.23. The summed E-state index contributed by atoms with van der Waals surface area (Å²) in [6.45, 7) is 1.17. The van der Waals surface area contributed by atoms with Gasteiger partial charge in [-0.05, 0) is 12.0 Å². The molecule has 1 aromatic carbocycles. The molecule has 0 aliphatic carbocycles. The van der Waals surface area contributed by atoms with Gasteiger partial charge in [0.15, 0.2) is 0 Å². The van der Waals surface area contributed by atoms with Gasteiger partial charge in [0.05, 0.1) is 6.54 Å². The third kappa shape index (κ3) is 2.33. The van der Waals surface area contributed by atoms with Gasteiger partial charge in [-0.25, -0.2) is 0 Å². The van der Waals surface area contributed by atoms with Crippen LogP contribution in [0.4, 0.5) is 0 Å². The highest BCUT2D eigenvalue weighted by Crippen LogP contribution is 2.03. The van der Waals surface area contributed by atoms with Crippen molar-refractivity contribution in [3.05, 3.63) is 35.9 Å². The van der Waals surface area contributed by atoms with E-state index in [-0.39, 0.29) is 5.91 Å². The predicted octanol–water partition coefficient (Wildman–Crippen LogP) is 0.317. The molecule has 1 atom stereocenters. The van der Waals surface area contributed by atoms with Crippen LogP contribution in [0.1, 0.15) is 5.56 Å². The second kappa shape index (κ2) is 4.24. The molecule has 2 rings (SSSR count). The van der Waals surface area contributed by atoms with Gasteiger partial charge in [0.2, 0.25) is 5.91 Å². The van der Waals surface area contributed by atoms with Crippen LogP contribution in [-0.2, 0) is 11.2 Å². The van der Waals surface area contributed by atoms with Crippen LogP contribution in [0.3, 0.4) is 0 Å². The monoisotopic (exact) mass is 190 g/mol. The van der Waals surface area contributed by atoms with E-state index in [0.717, 1.165) is 13.0 Å². The van der Waals surface area contributed by atoms with E-state index in [1.54, 1.807) is 0 Å². The number of hydrogen-bond donors (Lipinski definition) is 2. The Balaban J connectivity index is 1.89. The van der Waals surface area contributed by atoms with Crippen LogP contribution in [0.15, 0.2) is 30.3 Å². The lowest BCUT2D eigenvalue weighted by Gasteiger charge is -2.23. The molecule has 0 aromatic heterocycles. The summed E-state index contributed by atoms with van der Waals surface area (Å²) in [5.41, 5.74) is 1.31. The molecule has 14 heavy (non-hydrogen) atoms. The first-order valence-corrected chi connectivity index (χ1v) is 4.88. The van der Waals surface area contributed by atoms with Gasteiger partial charge < -0.3 is 10.6 Å². The van der Waals surface area contributed by atoms with Gasteiger partial charge in [-0.3, -0.25) is 4.79 Å². The van der Waals surface area contributed by atoms with Crippen molar-refractivity contribution in [2.24, 2.45) is 0 Å². The van der Waals surface area contributed by atoms with Crippen molar-refractivity contribution in [1.82, 2.24) is 10.6 Å². The molecule has 0 spiro atoms. The Hall–Kier alpha value is -1.35. The lowest BCUT2D eigenvalue weighted by Crippen LogP contribution is -2.52. The number of carbonyl (C=O) groups excluding carboxylic acids is 1. The molecule has 1 aliphatic heterocycles. The standard InChI is InChI=1S/C11H14N2O/c14-11-8-12-10(7-13-11)6-9-4-2-1-3-5-9/h1-5,10,12H,6-8H2,(H,13,14). The van der Waals surface area contributed by atoms with Crippen molar-refractivity contribution < 1.29 is 4.79 Å². The largest absolute Gasteiger partial charge is 0.353 e. The molecule has 0 radical (unpaired) electrons. The molecule has 74 valence electrons. The number of piperazine rings is 1. The summed E-state index contributed by atoms with van der Waals surface area (Å²) in [6.07, 6.45) is 0.973. The second-order valence-corrected chi connectivity index (χ2v) is 3.57. The summed E-state index contributed by atoms with van der Waals surface area (Å²) in [7, 11) is 0. The van der Waals surface area contributed by atoms with Gasteiger partial charge in [0.1, 0.15) is 0 Å². The Morgan fingerprint density at radius 2 is 2.07 bits per heavy atom. The fourth-order valence-electron chi connectivity index (χ4n) is 1.65. The van der Waals surface area contributed by atoms with Crippen LogP contribution in [0.25, 0.3) is 0 Å². The van der Waals surface area contributed by atoms with Crippen molar-refractivity contribution in [3.8, 4) is 0 Å². The SMILES string of the molecule is O=C1CNC(Cc2ccccc2)CN1. The molecule has 1 aliphatic rings.